The normalized spacial score (nSPS) is 13.8. The van der Waals surface area contributed by atoms with Crippen molar-refractivity contribution in [2.75, 3.05) is 19.8 Å². The average Bonchev–Trinajstić information content (AvgIpc) is 2.34. The van der Waals surface area contributed by atoms with Crippen LogP contribution < -0.4 is 5.73 Å². The van der Waals surface area contributed by atoms with Crippen LogP contribution in [0.25, 0.3) is 0 Å². The highest BCUT2D eigenvalue weighted by atomic mass is 15.4. The number of nitrogens with zero attached hydrogens (tertiary/aromatic N) is 3. The fraction of sp³-hybridized carbons (Fsp3) is 0.571. The van der Waals surface area contributed by atoms with Gasteiger partial charge in [-0.3, -0.25) is 9.58 Å². The summed E-state index contributed by atoms with van der Waals surface area (Å²) in [5, 5.41) is 4.08. The van der Waals surface area contributed by atoms with Crippen molar-refractivity contribution in [3.05, 3.63) is 12.3 Å². The zero-order valence-electron chi connectivity index (χ0n) is 7.15. The minimum absolute atomic E-state index is 0.257. The van der Waals surface area contributed by atoms with Gasteiger partial charge >= 0.3 is 0 Å². The van der Waals surface area contributed by atoms with E-state index < -0.39 is 0 Å². The standard InChI is InChI=1S/C7H14N4/c1-6(10(2)3)11-5-4-7(8)9-11/h4-6H,1-3H3,(H2,8,9). The quantitative estimate of drug-likeness (QED) is 0.676. The number of anilines is 1. The van der Waals surface area contributed by atoms with E-state index in [1.807, 2.05) is 25.0 Å². The first-order valence-electron chi connectivity index (χ1n) is 3.58. The van der Waals surface area contributed by atoms with Gasteiger partial charge in [0.1, 0.15) is 12.0 Å². The molecule has 0 bridgehead atoms. The summed E-state index contributed by atoms with van der Waals surface area (Å²) in [6.07, 6.45) is 2.13. The lowest BCUT2D eigenvalue weighted by Gasteiger charge is -2.19. The van der Waals surface area contributed by atoms with Crippen LogP contribution in [0.3, 0.4) is 0 Å². The Hall–Kier alpha value is -1.03. The molecule has 1 aromatic rings. The topological polar surface area (TPSA) is 47.1 Å². The summed E-state index contributed by atoms with van der Waals surface area (Å²) >= 11 is 0. The molecule has 4 heteroatoms. The van der Waals surface area contributed by atoms with Gasteiger partial charge in [-0.05, 0) is 27.1 Å². The summed E-state index contributed by atoms with van der Waals surface area (Å²) in [5.41, 5.74) is 5.47. The van der Waals surface area contributed by atoms with Crippen molar-refractivity contribution >= 4 is 5.82 Å². The molecule has 1 heterocycles. The molecule has 0 aliphatic carbocycles. The monoisotopic (exact) mass is 154 g/mol. The third kappa shape index (κ3) is 1.71. The molecule has 0 fully saturated rings. The van der Waals surface area contributed by atoms with Gasteiger partial charge in [-0.25, -0.2) is 0 Å². The summed E-state index contributed by atoms with van der Waals surface area (Å²) in [5.74, 6) is 0.568. The van der Waals surface area contributed by atoms with Crippen LogP contribution in [0.15, 0.2) is 12.3 Å². The molecule has 0 aromatic carbocycles. The maximum atomic E-state index is 5.47. The van der Waals surface area contributed by atoms with E-state index in [4.69, 9.17) is 5.73 Å². The predicted molar refractivity (Wildman–Crippen MR) is 45.0 cm³/mol. The Morgan fingerprint density at radius 1 is 1.64 bits per heavy atom. The van der Waals surface area contributed by atoms with Gasteiger partial charge in [0.2, 0.25) is 0 Å². The summed E-state index contributed by atoms with van der Waals surface area (Å²) in [7, 11) is 4.01. The Balaban J connectivity index is 2.76. The molecule has 0 aliphatic rings. The van der Waals surface area contributed by atoms with Gasteiger partial charge in [0.15, 0.2) is 0 Å². The molecule has 0 spiro atoms. The minimum Gasteiger partial charge on any atom is -0.382 e. The molecule has 1 rings (SSSR count). The molecular weight excluding hydrogens is 140 g/mol. The molecule has 2 N–H and O–H groups in total. The molecule has 1 atom stereocenters. The lowest BCUT2D eigenvalue weighted by molar-refractivity contribution is 0.221. The number of aromatic nitrogens is 2. The van der Waals surface area contributed by atoms with Crippen molar-refractivity contribution in [1.82, 2.24) is 14.7 Å². The molecule has 0 amide bonds. The van der Waals surface area contributed by atoms with E-state index in [0.717, 1.165) is 0 Å². The Kier molecular flexibility index (Phi) is 2.14. The Morgan fingerprint density at radius 3 is 2.64 bits per heavy atom. The van der Waals surface area contributed by atoms with Crippen LogP contribution in [-0.4, -0.2) is 28.8 Å². The lowest BCUT2D eigenvalue weighted by atomic mass is 10.5. The van der Waals surface area contributed by atoms with Crippen LogP contribution in [0.5, 0.6) is 0 Å². The van der Waals surface area contributed by atoms with Gasteiger partial charge in [-0.2, -0.15) is 5.10 Å². The minimum atomic E-state index is 0.257. The van der Waals surface area contributed by atoms with Crippen molar-refractivity contribution in [2.24, 2.45) is 0 Å². The van der Waals surface area contributed by atoms with Gasteiger partial charge in [0.25, 0.3) is 0 Å². The van der Waals surface area contributed by atoms with E-state index in [9.17, 15) is 0 Å². The van der Waals surface area contributed by atoms with E-state index in [2.05, 4.69) is 16.9 Å². The highest BCUT2D eigenvalue weighted by molar-refractivity contribution is 5.23. The maximum absolute atomic E-state index is 5.47. The molecule has 0 radical (unpaired) electrons. The molecule has 0 saturated carbocycles. The third-order valence-corrected chi connectivity index (χ3v) is 1.76. The molecule has 62 valence electrons. The van der Waals surface area contributed by atoms with Crippen LogP contribution in [0.1, 0.15) is 13.1 Å². The average molecular weight is 154 g/mol. The van der Waals surface area contributed by atoms with Crippen LogP contribution in [-0.2, 0) is 0 Å². The number of nitrogen functional groups attached to an aromatic ring is 1. The smallest absolute Gasteiger partial charge is 0.145 e. The Morgan fingerprint density at radius 2 is 2.27 bits per heavy atom. The van der Waals surface area contributed by atoms with Gasteiger partial charge in [0, 0.05) is 6.20 Å². The molecule has 1 unspecified atom stereocenters. The summed E-state index contributed by atoms with van der Waals surface area (Å²) in [6, 6.07) is 1.79. The first-order valence-corrected chi connectivity index (χ1v) is 3.58. The van der Waals surface area contributed by atoms with Gasteiger partial charge in [0.05, 0.1) is 0 Å². The van der Waals surface area contributed by atoms with E-state index in [1.165, 1.54) is 0 Å². The molecule has 0 aliphatic heterocycles. The van der Waals surface area contributed by atoms with Crippen molar-refractivity contribution in [1.29, 1.82) is 0 Å². The van der Waals surface area contributed by atoms with Crippen molar-refractivity contribution in [3.63, 3.8) is 0 Å². The fourth-order valence-corrected chi connectivity index (χ4v) is 0.797. The number of rotatable bonds is 2. The van der Waals surface area contributed by atoms with Crippen molar-refractivity contribution in [3.8, 4) is 0 Å². The lowest BCUT2D eigenvalue weighted by Crippen LogP contribution is -2.23. The second-order valence-corrected chi connectivity index (χ2v) is 2.82. The second kappa shape index (κ2) is 2.92. The fourth-order valence-electron chi connectivity index (χ4n) is 0.797. The first kappa shape index (κ1) is 8.07. The molecule has 0 saturated heterocycles. The van der Waals surface area contributed by atoms with E-state index in [1.54, 1.807) is 6.07 Å². The highest BCUT2D eigenvalue weighted by Gasteiger charge is 2.06. The first-order chi connectivity index (χ1) is 5.11. The number of hydrogen-bond acceptors (Lipinski definition) is 3. The summed E-state index contributed by atoms with van der Waals surface area (Å²) in [4.78, 5) is 2.06. The zero-order chi connectivity index (χ0) is 8.43. The Labute approximate surface area is 66.6 Å². The predicted octanol–water partition coefficient (Wildman–Crippen LogP) is 0.545. The van der Waals surface area contributed by atoms with Crippen molar-refractivity contribution in [2.45, 2.75) is 13.1 Å². The van der Waals surface area contributed by atoms with Gasteiger partial charge in [-0.1, -0.05) is 0 Å². The van der Waals surface area contributed by atoms with Gasteiger partial charge in [-0.15, -0.1) is 0 Å². The summed E-state index contributed by atoms with van der Waals surface area (Å²) in [6.45, 7) is 2.06. The second-order valence-electron chi connectivity index (χ2n) is 2.82. The zero-order valence-corrected chi connectivity index (χ0v) is 7.15. The van der Waals surface area contributed by atoms with Crippen LogP contribution in [0, 0.1) is 0 Å². The van der Waals surface area contributed by atoms with Crippen LogP contribution >= 0.6 is 0 Å². The molecule has 1 aromatic heterocycles. The van der Waals surface area contributed by atoms with Crippen LogP contribution in [0.2, 0.25) is 0 Å². The maximum Gasteiger partial charge on any atom is 0.145 e. The van der Waals surface area contributed by atoms with E-state index in [-0.39, 0.29) is 6.17 Å². The van der Waals surface area contributed by atoms with E-state index >= 15 is 0 Å². The number of hydrogen-bond donors (Lipinski definition) is 1. The SMILES string of the molecule is CC(N(C)C)n1ccc(N)n1. The molecule has 4 nitrogen and oxygen atoms in total. The van der Waals surface area contributed by atoms with E-state index in [0.29, 0.717) is 5.82 Å². The highest BCUT2D eigenvalue weighted by Crippen LogP contribution is 2.07. The molecular formula is C7H14N4. The van der Waals surface area contributed by atoms with Crippen molar-refractivity contribution < 1.29 is 0 Å². The number of nitrogens with two attached hydrogens (primary N) is 1. The van der Waals surface area contributed by atoms with Gasteiger partial charge < -0.3 is 5.73 Å². The third-order valence-electron chi connectivity index (χ3n) is 1.76. The summed E-state index contributed by atoms with van der Waals surface area (Å²) < 4.78 is 1.83. The largest absolute Gasteiger partial charge is 0.382 e. The molecule has 11 heavy (non-hydrogen) atoms. The van der Waals surface area contributed by atoms with Crippen LogP contribution in [0.4, 0.5) is 5.82 Å². The Bertz CT molecular complexity index is 228.